The first-order valence-electron chi connectivity index (χ1n) is 6.48. The molecular formula is C13H23N3S. The summed E-state index contributed by atoms with van der Waals surface area (Å²) in [4.78, 5) is 8.44. The predicted molar refractivity (Wildman–Crippen MR) is 75.3 cm³/mol. The van der Waals surface area contributed by atoms with E-state index in [0.29, 0.717) is 12.0 Å². The molecule has 0 saturated heterocycles. The molecule has 1 aliphatic rings. The van der Waals surface area contributed by atoms with Crippen molar-refractivity contribution >= 4 is 16.5 Å². The molecule has 1 heterocycles. The molecule has 0 amide bonds. The van der Waals surface area contributed by atoms with Gasteiger partial charge in [-0.1, -0.05) is 13.8 Å². The van der Waals surface area contributed by atoms with E-state index in [1.54, 1.807) is 0 Å². The van der Waals surface area contributed by atoms with Gasteiger partial charge in [0.2, 0.25) is 0 Å². The monoisotopic (exact) mass is 253 g/mol. The van der Waals surface area contributed by atoms with Gasteiger partial charge >= 0.3 is 0 Å². The molecule has 3 nitrogen and oxygen atoms in total. The summed E-state index contributed by atoms with van der Waals surface area (Å²) in [5, 5.41) is 4.70. The largest absolute Gasteiger partial charge is 0.354 e. The van der Waals surface area contributed by atoms with E-state index in [9.17, 15) is 0 Å². The van der Waals surface area contributed by atoms with Gasteiger partial charge < -0.3 is 10.2 Å². The zero-order valence-electron chi connectivity index (χ0n) is 11.3. The fourth-order valence-electron chi connectivity index (χ4n) is 2.26. The molecule has 1 aliphatic carbocycles. The second-order valence-electron chi connectivity index (χ2n) is 5.35. The molecular weight excluding hydrogens is 230 g/mol. The van der Waals surface area contributed by atoms with Gasteiger partial charge in [0, 0.05) is 37.5 Å². The van der Waals surface area contributed by atoms with Crippen LogP contribution in [-0.4, -0.2) is 31.7 Å². The lowest BCUT2D eigenvalue weighted by Gasteiger charge is -2.22. The third-order valence-corrected chi connectivity index (χ3v) is 4.51. The lowest BCUT2D eigenvalue weighted by molar-refractivity contribution is 0.475. The topological polar surface area (TPSA) is 28.2 Å². The van der Waals surface area contributed by atoms with Crippen LogP contribution in [0.5, 0.6) is 0 Å². The number of nitrogens with zero attached hydrogens (tertiary/aromatic N) is 2. The van der Waals surface area contributed by atoms with Gasteiger partial charge in [-0.05, 0) is 19.3 Å². The van der Waals surface area contributed by atoms with Gasteiger partial charge in [0.1, 0.15) is 0 Å². The average molecular weight is 253 g/mol. The molecule has 0 radical (unpaired) electrons. The second-order valence-corrected chi connectivity index (χ2v) is 6.41. The van der Waals surface area contributed by atoms with Gasteiger partial charge in [-0.2, -0.15) is 0 Å². The number of hydrogen-bond donors (Lipinski definition) is 1. The summed E-state index contributed by atoms with van der Waals surface area (Å²) in [5.41, 5.74) is 1.36. The van der Waals surface area contributed by atoms with Gasteiger partial charge in [-0.25, -0.2) is 4.98 Å². The molecule has 0 fully saturated rings. The van der Waals surface area contributed by atoms with E-state index in [-0.39, 0.29) is 0 Å². The van der Waals surface area contributed by atoms with Crippen LogP contribution < -0.4 is 10.2 Å². The summed E-state index contributed by atoms with van der Waals surface area (Å²) in [6.07, 6.45) is 3.81. The minimum Gasteiger partial charge on any atom is -0.354 e. The number of aryl methyl sites for hydroxylation is 1. The number of rotatable bonds is 4. The lowest BCUT2D eigenvalue weighted by atomic mass is 9.91. The first-order valence-corrected chi connectivity index (χ1v) is 7.30. The van der Waals surface area contributed by atoms with E-state index in [1.807, 2.05) is 11.3 Å². The molecule has 0 aromatic carbocycles. The molecule has 1 aromatic rings. The van der Waals surface area contributed by atoms with Crippen molar-refractivity contribution < 1.29 is 0 Å². The minimum absolute atomic E-state index is 0.562. The van der Waals surface area contributed by atoms with Crippen LogP contribution in [0.1, 0.15) is 43.2 Å². The summed E-state index contributed by atoms with van der Waals surface area (Å²) in [5.74, 6) is 0.617. The van der Waals surface area contributed by atoms with Crippen molar-refractivity contribution in [2.45, 2.75) is 45.1 Å². The Morgan fingerprint density at radius 3 is 2.88 bits per heavy atom. The van der Waals surface area contributed by atoms with Crippen LogP contribution in [0, 0.1) is 0 Å². The van der Waals surface area contributed by atoms with E-state index < -0.39 is 0 Å². The quantitative estimate of drug-likeness (QED) is 0.894. The van der Waals surface area contributed by atoms with Crippen LogP contribution in [0.25, 0.3) is 0 Å². The van der Waals surface area contributed by atoms with Gasteiger partial charge in [-0.3, -0.25) is 0 Å². The van der Waals surface area contributed by atoms with Crippen LogP contribution in [0.15, 0.2) is 0 Å². The van der Waals surface area contributed by atoms with Crippen LogP contribution in [0.4, 0.5) is 5.13 Å². The Kier molecular flexibility index (Phi) is 4.05. The van der Waals surface area contributed by atoms with Crippen LogP contribution in [0.3, 0.4) is 0 Å². The Bertz CT molecular complexity index is 371. The number of fused-ring (bicyclic) bond motifs is 1. The van der Waals surface area contributed by atoms with Crippen LogP contribution in [0.2, 0.25) is 0 Å². The predicted octanol–water partition coefficient (Wildman–Crippen LogP) is 2.63. The summed E-state index contributed by atoms with van der Waals surface area (Å²) >= 11 is 1.87. The van der Waals surface area contributed by atoms with Gasteiger partial charge in [0.25, 0.3) is 0 Å². The third kappa shape index (κ3) is 2.99. The van der Waals surface area contributed by atoms with Crippen molar-refractivity contribution in [1.29, 1.82) is 0 Å². The van der Waals surface area contributed by atoms with Crippen LogP contribution >= 0.6 is 11.3 Å². The highest BCUT2D eigenvalue weighted by molar-refractivity contribution is 7.15. The highest BCUT2D eigenvalue weighted by Crippen LogP contribution is 2.37. The fraction of sp³-hybridized carbons (Fsp3) is 0.769. The Hall–Kier alpha value is -0.610. The second kappa shape index (κ2) is 5.36. The molecule has 0 spiro atoms. The number of thiazole rings is 1. The number of hydrogen-bond acceptors (Lipinski definition) is 4. The van der Waals surface area contributed by atoms with Crippen molar-refractivity contribution in [1.82, 2.24) is 10.3 Å². The zero-order valence-corrected chi connectivity index (χ0v) is 12.1. The Morgan fingerprint density at radius 1 is 1.47 bits per heavy atom. The first-order chi connectivity index (χ1) is 8.08. The van der Waals surface area contributed by atoms with Crippen LogP contribution in [-0.2, 0) is 6.42 Å². The maximum Gasteiger partial charge on any atom is 0.185 e. The van der Waals surface area contributed by atoms with E-state index in [1.165, 1.54) is 29.8 Å². The molecule has 0 saturated carbocycles. The van der Waals surface area contributed by atoms with E-state index in [2.05, 4.69) is 38.2 Å². The minimum atomic E-state index is 0.562. The SMILES string of the molecule is CC(C)NCC1CCCc2sc(N(C)C)nc21. The molecule has 1 atom stereocenters. The number of aromatic nitrogens is 1. The van der Waals surface area contributed by atoms with Crippen molar-refractivity contribution in [2.24, 2.45) is 0 Å². The zero-order chi connectivity index (χ0) is 12.4. The van der Waals surface area contributed by atoms with Gasteiger partial charge in [0.15, 0.2) is 5.13 Å². The molecule has 96 valence electrons. The van der Waals surface area contributed by atoms with Crippen molar-refractivity contribution in [3.8, 4) is 0 Å². The van der Waals surface area contributed by atoms with Crippen molar-refractivity contribution in [3.63, 3.8) is 0 Å². The van der Waals surface area contributed by atoms with Gasteiger partial charge in [0.05, 0.1) is 5.69 Å². The fourth-order valence-corrected chi connectivity index (χ4v) is 3.37. The maximum absolute atomic E-state index is 4.81. The standard InChI is InChI=1S/C13H23N3S/c1-9(2)14-8-10-6-5-7-11-12(10)15-13(17-11)16(3)4/h9-10,14H,5-8H2,1-4H3. The smallest absolute Gasteiger partial charge is 0.185 e. The summed E-state index contributed by atoms with van der Waals surface area (Å²) in [6.45, 7) is 5.48. The Balaban J connectivity index is 2.13. The molecule has 2 rings (SSSR count). The molecule has 0 aliphatic heterocycles. The summed E-state index contributed by atoms with van der Waals surface area (Å²) in [6, 6.07) is 0.562. The molecule has 1 aromatic heterocycles. The summed E-state index contributed by atoms with van der Waals surface area (Å²) in [7, 11) is 4.15. The van der Waals surface area contributed by atoms with E-state index >= 15 is 0 Å². The molecule has 17 heavy (non-hydrogen) atoms. The van der Waals surface area contributed by atoms with Gasteiger partial charge in [-0.15, -0.1) is 11.3 Å². The average Bonchev–Trinajstić information content (AvgIpc) is 2.70. The normalized spacial score (nSPS) is 19.5. The highest BCUT2D eigenvalue weighted by atomic mass is 32.1. The van der Waals surface area contributed by atoms with E-state index in [4.69, 9.17) is 4.98 Å². The van der Waals surface area contributed by atoms with Crippen molar-refractivity contribution in [2.75, 3.05) is 25.5 Å². The molecule has 0 bridgehead atoms. The van der Waals surface area contributed by atoms with E-state index in [0.717, 1.165) is 11.7 Å². The molecule has 1 N–H and O–H groups in total. The highest BCUT2D eigenvalue weighted by Gasteiger charge is 2.25. The Morgan fingerprint density at radius 2 is 2.24 bits per heavy atom. The molecule has 1 unspecified atom stereocenters. The maximum atomic E-state index is 4.81. The Labute approximate surface area is 108 Å². The number of anilines is 1. The summed E-state index contributed by atoms with van der Waals surface area (Å²) < 4.78 is 0. The third-order valence-electron chi connectivity index (χ3n) is 3.21. The van der Waals surface area contributed by atoms with Crippen molar-refractivity contribution in [3.05, 3.63) is 10.6 Å². The lowest BCUT2D eigenvalue weighted by Crippen LogP contribution is -2.29. The molecule has 4 heteroatoms. The number of nitrogens with one attached hydrogen (secondary N) is 1. The first kappa shape index (κ1) is 12.8.